The molecule has 0 amide bonds. The lowest BCUT2D eigenvalue weighted by atomic mass is 10.4. The SMILES string of the molecule is Cc1nn(C)cc1NS(=O)(=O)c1cnn(CCO)c1. The van der Waals surface area contributed by atoms with Crippen molar-refractivity contribution in [1.29, 1.82) is 0 Å². The Morgan fingerprint density at radius 2 is 2.16 bits per heavy atom. The lowest BCUT2D eigenvalue weighted by molar-refractivity contribution is 0.269. The second-order valence-electron chi connectivity index (χ2n) is 4.07. The first kappa shape index (κ1) is 13.6. The smallest absolute Gasteiger partial charge is 0.265 e. The number of aryl methyl sites for hydroxylation is 2. The Morgan fingerprint density at radius 1 is 1.42 bits per heavy atom. The minimum atomic E-state index is -3.69. The summed E-state index contributed by atoms with van der Waals surface area (Å²) in [6.45, 7) is 1.87. The maximum Gasteiger partial charge on any atom is 0.265 e. The van der Waals surface area contributed by atoms with Gasteiger partial charge < -0.3 is 5.11 Å². The quantitative estimate of drug-likeness (QED) is 0.786. The predicted molar refractivity (Wildman–Crippen MR) is 68.1 cm³/mol. The second-order valence-corrected chi connectivity index (χ2v) is 5.75. The third-order valence-electron chi connectivity index (χ3n) is 2.51. The van der Waals surface area contributed by atoms with Crippen LogP contribution in [0.1, 0.15) is 5.69 Å². The molecule has 0 saturated carbocycles. The fraction of sp³-hybridized carbons (Fsp3) is 0.400. The first-order chi connectivity index (χ1) is 8.92. The van der Waals surface area contributed by atoms with Gasteiger partial charge in [-0.15, -0.1) is 0 Å². The zero-order chi connectivity index (χ0) is 14.0. The molecule has 2 rings (SSSR count). The summed E-state index contributed by atoms with van der Waals surface area (Å²) in [4.78, 5) is 0.0456. The van der Waals surface area contributed by atoms with Gasteiger partial charge in [0.1, 0.15) is 4.90 Å². The van der Waals surface area contributed by atoms with Gasteiger partial charge in [-0.1, -0.05) is 0 Å². The molecule has 0 atom stereocenters. The van der Waals surface area contributed by atoms with Crippen LogP contribution in [-0.4, -0.2) is 39.7 Å². The van der Waals surface area contributed by atoms with Crippen LogP contribution in [0.5, 0.6) is 0 Å². The predicted octanol–water partition coefficient (Wildman–Crippen LogP) is -0.282. The molecule has 0 aromatic carbocycles. The van der Waals surface area contributed by atoms with Gasteiger partial charge in [0.15, 0.2) is 0 Å². The minimum absolute atomic E-state index is 0.0456. The second kappa shape index (κ2) is 5.02. The zero-order valence-corrected chi connectivity index (χ0v) is 11.4. The number of aliphatic hydroxyl groups is 1. The molecule has 2 aromatic rings. The molecule has 0 aliphatic heterocycles. The van der Waals surface area contributed by atoms with Gasteiger partial charge in [0, 0.05) is 19.4 Å². The van der Waals surface area contributed by atoms with Crippen molar-refractivity contribution in [2.24, 2.45) is 7.05 Å². The molecule has 2 aromatic heterocycles. The van der Waals surface area contributed by atoms with Crippen molar-refractivity contribution in [1.82, 2.24) is 19.6 Å². The molecule has 0 aliphatic rings. The molecule has 9 heteroatoms. The molecule has 2 N–H and O–H groups in total. The van der Waals surface area contributed by atoms with E-state index in [1.165, 1.54) is 21.8 Å². The lowest BCUT2D eigenvalue weighted by Gasteiger charge is -2.03. The molecule has 2 heterocycles. The number of aromatic nitrogens is 4. The average Bonchev–Trinajstić information content (AvgIpc) is 2.87. The summed E-state index contributed by atoms with van der Waals surface area (Å²) in [5, 5.41) is 16.7. The van der Waals surface area contributed by atoms with E-state index >= 15 is 0 Å². The van der Waals surface area contributed by atoms with Gasteiger partial charge in [0.2, 0.25) is 0 Å². The molecule has 104 valence electrons. The zero-order valence-electron chi connectivity index (χ0n) is 10.6. The molecule has 0 spiro atoms. The van der Waals surface area contributed by atoms with Crippen LogP contribution in [0.25, 0.3) is 0 Å². The van der Waals surface area contributed by atoms with Crippen molar-refractivity contribution in [2.45, 2.75) is 18.4 Å². The van der Waals surface area contributed by atoms with E-state index in [1.807, 2.05) is 0 Å². The van der Waals surface area contributed by atoms with E-state index < -0.39 is 10.0 Å². The topological polar surface area (TPSA) is 102 Å². The van der Waals surface area contributed by atoms with Crippen LogP contribution in [0.4, 0.5) is 5.69 Å². The van der Waals surface area contributed by atoms with Crippen LogP contribution in [0.15, 0.2) is 23.5 Å². The lowest BCUT2D eigenvalue weighted by Crippen LogP contribution is -2.12. The molecule has 0 aliphatic carbocycles. The number of aliphatic hydroxyl groups excluding tert-OH is 1. The molecule has 0 unspecified atom stereocenters. The Bertz CT molecular complexity index is 673. The van der Waals surface area contributed by atoms with Gasteiger partial charge in [-0.3, -0.25) is 14.1 Å². The van der Waals surface area contributed by atoms with Crippen LogP contribution in [0.2, 0.25) is 0 Å². The Kier molecular flexibility index (Phi) is 3.58. The van der Waals surface area contributed by atoms with Gasteiger partial charge in [0.25, 0.3) is 10.0 Å². The number of nitrogens with zero attached hydrogens (tertiary/aromatic N) is 4. The highest BCUT2D eigenvalue weighted by Crippen LogP contribution is 2.17. The summed E-state index contributed by atoms with van der Waals surface area (Å²) in [7, 11) is -1.98. The van der Waals surface area contributed by atoms with Crippen LogP contribution < -0.4 is 4.72 Å². The third kappa shape index (κ3) is 2.93. The van der Waals surface area contributed by atoms with Crippen LogP contribution in [-0.2, 0) is 23.6 Å². The van der Waals surface area contributed by atoms with Crippen LogP contribution in [0, 0.1) is 6.92 Å². The van der Waals surface area contributed by atoms with Gasteiger partial charge in [-0.25, -0.2) is 8.42 Å². The standard InChI is InChI=1S/C10H15N5O3S/c1-8-10(7-14(2)12-8)13-19(17,18)9-5-11-15(6-9)3-4-16/h5-7,13,16H,3-4H2,1-2H3. The molecule has 0 bridgehead atoms. The Morgan fingerprint density at radius 3 is 2.74 bits per heavy atom. The number of hydrogen-bond acceptors (Lipinski definition) is 5. The van der Waals surface area contributed by atoms with Crippen molar-refractivity contribution in [3.63, 3.8) is 0 Å². The molecule has 0 fully saturated rings. The first-order valence-corrected chi connectivity index (χ1v) is 7.07. The van der Waals surface area contributed by atoms with Crippen molar-refractivity contribution >= 4 is 15.7 Å². The Hall–Kier alpha value is -1.87. The fourth-order valence-corrected chi connectivity index (χ4v) is 2.67. The monoisotopic (exact) mass is 285 g/mol. The van der Waals surface area contributed by atoms with E-state index in [0.717, 1.165) is 0 Å². The first-order valence-electron chi connectivity index (χ1n) is 5.59. The number of rotatable bonds is 5. The summed E-state index contributed by atoms with van der Waals surface area (Å²) in [5.41, 5.74) is 1.02. The summed E-state index contributed by atoms with van der Waals surface area (Å²) < 4.78 is 29.6. The van der Waals surface area contributed by atoms with E-state index in [4.69, 9.17) is 5.11 Å². The fourth-order valence-electron chi connectivity index (χ4n) is 1.61. The Labute approximate surface area is 110 Å². The Balaban J connectivity index is 2.24. The molecular weight excluding hydrogens is 270 g/mol. The summed E-state index contributed by atoms with van der Waals surface area (Å²) in [6, 6.07) is 0. The van der Waals surface area contributed by atoms with E-state index in [-0.39, 0.29) is 18.0 Å². The van der Waals surface area contributed by atoms with Crippen LogP contribution >= 0.6 is 0 Å². The number of sulfonamides is 1. The van der Waals surface area contributed by atoms with Gasteiger partial charge in [0.05, 0.1) is 30.7 Å². The number of anilines is 1. The summed E-state index contributed by atoms with van der Waals surface area (Å²) in [6.07, 6.45) is 4.19. The molecule has 8 nitrogen and oxygen atoms in total. The molecule has 0 radical (unpaired) electrons. The van der Waals surface area contributed by atoms with E-state index in [0.29, 0.717) is 11.4 Å². The summed E-state index contributed by atoms with van der Waals surface area (Å²) in [5.74, 6) is 0. The van der Waals surface area contributed by atoms with E-state index in [1.54, 1.807) is 20.2 Å². The maximum absolute atomic E-state index is 12.1. The van der Waals surface area contributed by atoms with Crippen molar-refractivity contribution in [2.75, 3.05) is 11.3 Å². The normalized spacial score (nSPS) is 11.7. The van der Waals surface area contributed by atoms with E-state index in [2.05, 4.69) is 14.9 Å². The van der Waals surface area contributed by atoms with Crippen molar-refractivity contribution < 1.29 is 13.5 Å². The van der Waals surface area contributed by atoms with Crippen molar-refractivity contribution in [3.8, 4) is 0 Å². The van der Waals surface area contributed by atoms with Crippen molar-refractivity contribution in [3.05, 3.63) is 24.3 Å². The third-order valence-corrected chi connectivity index (χ3v) is 3.83. The largest absolute Gasteiger partial charge is 0.394 e. The van der Waals surface area contributed by atoms with Crippen LogP contribution in [0.3, 0.4) is 0 Å². The molecular formula is C10H15N5O3S. The minimum Gasteiger partial charge on any atom is -0.394 e. The van der Waals surface area contributed by atoms with E-state index in [9.17, 15) is 8.42 Å². The number of hydrogen-bond donors (Lipinski definition) is 2. The summed E-state index contributed by atoms with van der Waals surface area (Å²) >= 11 is 0. The molecule has 0 saturated heterocycles. The van der Waals surface area contributed by atoms with Gasteiger partial charge >= 0.3 is 0 Å². The highest BCUT2D eigenvalue weighted by atomic mass is 32.2. The van der Waals surface area contributed by atoms with Gasteiger partial charge in [-0.05, 0) is 6.92 Å². The maximum atomic E-state index is 12.1. The molecule has 19 heavy (non-hydrogen) atoms. The van der Waals surface area contributed by atoms with Gasteiger partial charge in [-0.2, -0.15) is 10.2 Å². The number of nitrogens with one attached hydrogen (secondary N) is 1. The highest BCUT2D eigenvalue weighted by molar-refractivity contribution is 7.92. The average molecular weight is 285 g/mol. The highest BCUT2D eigenvalue weighted by Gasteiger charge is 2.18.